The van der Waals surface area contributed by atoms with Crippen molar-refractivity contribution in [2.24, 2.45) is 5.73 Å². The zero-order chi connectivity index (χ0) is 14.7. The van der Waals surface area contributed by atoms with Gasteiger partial charge < -0.3 is 15.2 Å². The fraction of sp³-hybridized carbons (Fsp3) is 0.294. The average Bonchev–Trinajstić information content (AvgIpc) is 2.90. The van der Waals surface area contributed by atoms with E-state index in [1.807, 2.05) is 30.3 Å². The van der Waals surface area contributed by atoms with Gasteiger partial charge in [-0.15, -0.1) is 0 Å². The van der Waals surface area contributed by atoms with Gasteiger partial charge in [0, 0.05) is 5.56 Å². The summed E-state index contributed by atoms with van der Waals surface area (Å²) in [5, 5.41) is 0. The summed E-state index contributed by atoms with van der Waals surface area (Å²) in [7, 11) is 0. The molecule has 3 nitrogen and oxygen atoms in total. The van der Waals surface area contributed by atoms with Crippen molar-refractivity contribution < 1.29 is 13.9 Å². The molecule has 0 fully saturated rings. The normalized spacial score (nSPS) is 16.4. The molecule has 0 aromatic heterocycles. The van der Waals surface area contributed by atoms with Crippen LogP contribution in [-0.2, 0) is 6.42 Å². The Bertz CT molecular complexity index is 630. The Labute approximate surface area is 123 Å². The van der Waals surface area contributed by atoms with E-state index in [4.69, 9.17) is 15.2 Å². The standard InChI is InChI=1S/C17H18FNO2/c18-15-9-12(7-8-19)5-6-17(15)21-11-13-10-20-16-4-2-1-3-14(13)16/h1-6,9,13H,7-8,10-11,19H2. The summed E-state index contributed by atoms with van der Waals surface area (Å²) < 4.78 is 25.2. The summed E-state index contributed by atoms with van der Waals surface area (Å²) >= 11 is 0. The van der Waals surface area contributed by atoms with Gasteiger partial charge in [-0.1, -0.05) is 24.3 Å². The number of nitrogens with two attached hydrogens (primary N) is 1. The van der Waals surface area contributed by atoms with Crippen LogP contribution in [0.25, 0.3) is 0 Å². The van der Waals surface area contributed by atoms with Crippen LogP contribution in [0, 0.1) is 5.82 Å². The summed E-state index contributed by atoms with van der Waals surface area (Å²) in [6, 6.07) is 12.9. The second-order valence-electron chi connectivity index (χ2n) is 5.16. The Morgan fingerprint density at radius 1 is 1.24 bits per heavy atom. The molecular formula is C17H18FNO2. The van der Waals surface area contributed by atoms with Crippen LogP contribution in [0.3, 0.4) is 0 Å². The quantitative estimate of drug-likeness (QED) is 0.919. The Balaban J connectivity index is 1.66. The SMILES string of the molecule is NCCc1ccc(OCC2COc3ccccc32)c(F)c1. The van der Waals surface area contributed by atoms with Crippen LogP contribution < -0.4 is 15.2 Å². The molecule has 0 spiro atoms. The molecule has 1 heterocycles. The molecule has 0 radical (unpaired) electrons. The van der Waals surface area contributed by atoms with Crippen LogP contribution in [-0.4, -0.2) is 19.8 Å². The van der Waals surface area contributed by atoms with Gasteiger partial charge in [0.2, 0.25) is 0 Å². The zero-order valence-corrected chi connectivity index (χ0v) is 11.7. The number of hydrogen-bond donors (Lipinski definition) is 1. The third kappa shape index (κ3) is 3.00. The molecule has 1 aliphatic rings. The highest BCUT2D eigenvalue weighted by molar-refractivity contribution is 5.40. The Kier molecular flexibility index (Phi) is 4.06. The Morgan fingerprint density at radius 2 is 2.10 bits per heavy atom. The van der Waals surface area contributed by atoms with Crippen LogP contribution >= 0.6 is 0 Å². The van der Waals surface area contributed by atoms with Gasteiger partial charge in [-0.3, -0.25) is 0 Å². The lowest BCUT2D eigenvalue weighted by atomic mass is 10.0. The molecule has 2 aromatic rings. The fourth-order valence-corrected chi connectivity index (χ4v) is 2.54. The molecule has 0 bridgehead atoms. The smallest absolute Gasteiger partial charge is 0.165 e. The number of ether oxygens (including phenoxy) is 2. The minimum Gasteiger partial charge on any atom is -0.493 e. The third-order valence-corrected chi connectivity index (χ3v) is 3.67. The second-order valence-corrected chi connectivity index (χ2v) is 5.16. The summed E-state index contributed by atoms with van der Waals surface area (Å²) in [4.78, 5) is 0. The monoisotopic (exact) mass is 287 g/mol. The average molecular weight is 287 g/mol. The van der Waals surface area contributed by atoms with Crippen molar-refractivity contribution in [2.75, 3.05) is 19.8 Å². The number of benzene rings is 2. The van der Waals surface area contributed by atoms with Crippen LogP contribution in [0.1, 0.15) is 17.0 Å². The first-order valence-corrected chi connectivity index (χ1v) is 7.11. The van der Waals surface area contributed by atoms with Crippen LogP contribution in [0.5, 0.6) is 11.5 Å². The van der Waals surface area contributed by atoms with Crippen molar-refractivity contribution in [3.05, 3.63) is 59.4 Å². The van der Waals surface area contributed by atoms with Gasteiger partial charge >= 0.3 is 0 Å². The van der Waals surface area contributed by atoms with E-state index in [-0.39, 0.29) is 17.5 Å². The van der Waals surface area contributed by atoms with E-state index in [1.54, 1.807) is 6.07 Å². The van der Waals surface area contributed by atoms with Gasteiger partial charge in [0.25, 0.3) is 0 Å². The van der Waals surface area contributed by atoms with E-state index in [0.717, 1.165) is 16.9 Å². The molecular weight excluding hydrogens is 269 g/mol. The molecule has 1 unspecified atom stereocenters. The summed E-state index contributed by atoms with van der Waals surface area (Å²) in [6.45, 7) is 1.49. The maximum atomic E-state index is 13.9. The summed E-state index contributed by atoms with van der Waals surface area (Å²) in [5.74, 6) is 0.975. The second kappa shape index (κ2) is 6.14. The van der Waals surface area contributed by atoms with E-state index >= 15 is 0 Å². The van der Waals surface area contributed by atoms with E-state index in [1.165, 1.54) is 6.07 Å². The Hall–Kier alpha value is -2.07. The maximum Gasteiger partial charge on any atom is 0.165 e. The first-order valence-electron chi connectivity index (χ1n) is 7.11. The van der Waals surface area contributed by atoms with Crippen molar-refractivity contribution in [1.29, 1.82) is 0 Å². The predicted molar refractivity (Wildman–Crippen MR) is 79.3 cm³/mol. The minimum absolute atomic E-state index is 0.143. The zero-order valence-electron chi connectivity index (χ0n) is 11.7. The first kappa shape index (κ1) is 13.9. The fourth-order valence-electron chi connectivity index (χ4n) is 2.54. The lowest BCUT2D eigenvalue weighted by molar-refractivity contribution is 0.241. The molecule has 1 atom stereocenters. The summed E-state index contributed by atoms with van der Waals surface area (Å²) in [6.07, 6.45) is 0.668. The van der Waals surface area contributed by atoms with Crippen molar-refractivity contribution in [1.82, 2.24) is 0 Å². The molecule has 0 saturated carbocycles. The van der Waals surface area contributed by atoms with E-state index in [0.29, 0.717) is 26.2 Å². The predicted octanol–water partition coefficient (Wildman–Crippen LogP) is 2.88. The van der Waals surface area contributed by atoms with E-state index in [9.17, 15) is 4.39 Å². The van der Waals surface area contributed by atoms with Gasteiger partial charge in [0.15, 0.2) is 11.6 Å². The lowest BCUT2D eigenvalue weighted by Crippen LogP contribution is -2.12. The van der Waals surface area contributed by atoms with Gasteiger partial charge in [-0.25, -0.2) is 4.39 Å². The van der Waals surface area contributed by atoms with E-state index in [2.05, 4.69) is 0 Å². The highest BCUT2D eigenvalue weighted by Crippen LogP contribution is 2.34. The van der Waals surface area contributed by atoms with Gasteiger partial charge in [0.05, 0.1) is 19.1 Å². The van der Waals surface area contributed by atoms with Crippen molar-refractivity contribution in [3.8, 4) is 11.5 Å². The van der Waals surface area contributed by atoms with Gasteiger partial charge in [-0.05, 0) is 36.7 Å². The third-order valence-electron chi connectivity index (χ3n) is 3.67. The Morgan fingerprint density at radius 3 is 2.90 bits per heavy atom. The van der Waals surface area contributed by atoms with E-state index < -0.39 is 0 Å². The minimum atomic E-state index is -0.340. The molecule has 2 N–H and O–H groups in total. The van der Waals surface area contributed by atoms with Crippen LogP contribution in [0.2, 0.25) is 0 Å². The lowest BCUT2D eigenvalue weighted by Gasteiger charge is -2.12. The number of para-hydroxylation sites is 1. The van der Waals surface area contributed by atoms with Gasteiger partial charge in [0.1, 0.15) is 5.75 Å². The molecule has 3 rings (SSSR count). The molecule has 4 heteroatoms. The molecule has 0 aliphatic carbocycles. The molecule has 0 saturated heterocycles. The highest BCUT2D eigenvalue weighted by atomic mass is 19.1. The molecule has 0 amide bonds. The molecule has 110 valence electrons. The molecule has 21 heavy (non-hydrogen) atoms. The number of fused-ring (bicyclic) bond motifs is 1. The van der Waals surface area contributed by atoms with Crippen molar-refractivity contribution in [3.63, 3.8) is 0 Å². The summed E-state index contributed by atoms with van der Waals surface area (Å²) in [5.41, 5.74) is 7.48. The van der Waals surface area contributed by atoms with Crippen molar-refractivity contribution >= 4 is 0 Å². The maximum absolute atomic E-state index is 13.9. The highest BCUT2D eigenvalue weighted by Gasteiger charge is 2.24. The molecule has 2 aromatic carbocycles. The van der Waals surface area contributed by atoms with Crippen LogP contribution in [0.4, 0.5) is 4.39 Å². The topological polar surface area (TPSA) is 44.5 Å². The van der Waals surface area contributed by atoms with Gasteiger partial charge in [-0.2, -0.15) is 0 Å². The largest absolute Gasteiger partial charge is 0.493 e. The van der Waals surface area contributed by atoms with Crippen molar-refractivity contribution in [2.45, 2.75) is 12.3 Å². The first-order chi connectivity index (χ1) is 10.3. The number of halogens is 1. The number of rotatable bonds is 5. The number of hydrogen-bond acceptors (Lipinski definition) is 3. The van der Waals surface area contributed by atoms with Crippen LogP contribution in [0.15, 0.2) is 42.5 Å². The molecule has 1 aliphatic heterocycles.